The minimum atomic E-state index is -3.15. The molecule has 2 heterocycles. The Bertz CT molecular complexity index is 1520. The topological polar surface area (TPSA) is 31.2 Å². The molecule has 0 aliphatic carbocycles. The summed E-state index contributed by atoms with van der Waals surface area (Å²) >= 11 is 0. The second kappa shape index (κ2) is 8.45. The summed E-state index contributed by atoms with van der Waals surface area (Å²) < 4.78 is 23.1. The number of aryl methyl sites for hydroxylation is 1. The molecule has 0 atom stereocenters. The van der Waals surface area contributed by atoms with E-state index in [4.69, 9.17) is 4.74 Å². The van der Waals surface area contributed by atoms with Crippen LogP contribution in [-0.4, -0.2) is 11.7 Å². The van der Waals surface area contributed by atoms with Crippen molar-refractivity contribution in [2.45, 2.75) is 13.3 Å². The van der Waals surface area contributed by atoms with Crippen molar-refractivity contribution in [1.29, 1.82) is 0 Å². The fourth-order valence-corrected chi connectivity index (χ4v) is 8.03. The van der Waals surface area contributed by atoms with Crippen molar-refractivity contribution in [3.05, 3.63) is 126 Å². The molecule has 172 valence electrons. The standard InChI is InChI=1S/C31H26NO2P/c1-22-13-15-23(16-14-22)31-29-20-24-19-25(34-2)17-18-28(24)32(29)21-30(31)35(33,26-9-5-3-6-10-26)27-11-7-4-8-12-27/h3-19,21H,20H2,1-2H3. The summed E-state index contributed by atoms with van der Waals surface area (Å²) in [6.07, 6.45) is 2.88. The molecular formula is C31H26NO2P. The second-order valence-corrected chi connectivity index (χ2v) is 11.8. The summed E-state index contributed by atoms with van der Waals surface area (Å²) in [4.78, 5) is 0. The van der Waals surface area contributed by atoms with E-state index in [1.54, 1.807) is 7.11 Å². The molecule has 0 saturated carbocycles. The molecule has 35 heavy (non-hydrogen) atoms. The van der Waals surface area contributed by atoms with Gasteiger partial charge in [0.25, 0.3) is 0 Å². The Morgan fingerprint density at radius 1 is 0.800 bits per heavy atom. The summed E-state index contributed by atoms with van der Waals surface area (Å²) in [5.41, 5.74) is 6.86. The van der Waals surface area contributed by atoms with Crippen LogP contribution in [0, 0.1) is 6.92 Å². The predicted octanol–water partition coefficient (Wildman–Crippen LogP) is 6.00. The Hall–Kier alpha value is -3.81. The van der Waals surface area contributed by atoms with Crippen molar-refractivity contribution < 1.29 is 9.30 Å². The summed E-state index contributed by atoms with van der Waals surface area (Å²) in [6, 6.07) is 34.6. The Kier molecular flexibility index (Phi) is 5.24. The maximum absolute atomic E-state index is 15.4. The van der Waals surface area contributed by atoms with Crippen LogP contribution in [-0.2, 0) is 11.0 Å². The molecule has 1 aromatic heterocycles. The molecule has 3 nitrogen and oxygen atoms in total. The van der Waals surface area contributed by atoms with Crippen LogP contribution in [0.4, 0.5) is 0 Å². The average molecular weight is 476 g/mol. The lowest BCUT2D eigenvalue weighted by molar-refractivity contribution is 0.414. The number of methoxy groups -OCH3 is 1. The van der Waals surface area contributed by atoms with Crippen LogP contribution < -0.4 is 20.7 Å². The highest BCUT2D eigenvalue weighted by Gasteiger charge is 2.37. The Morgan fingerprint density at radius 3 is 2.03 bits per heavy atom. The summed E-state index contributed by atoms with van der Waals surface area (Å²) in [7, 11) is -1.45. The minimum absolute atomic E-state index is 0.763. The van der Waals surface area contributed by atoms with Gasteiger partial charge in [0.05, 0.1) is 7.11 Å². The van der Waals surface area contributed by atoms with Gasteiger partial charge < -0.3 is 13.9 Å². The van der Waals surface area contributed by atoms with E-state index in [1.807, 2.05) is 66.7 Å². The Labute approximate surface area is 206 Å². The van der Waals surface area contributed by atoms with E-state index in [2.05, 4.69) is 54.1 Å². The number of aromatic nitrogens is 1. The molecule has 1 aliphatic rings. The number of benzene rings is 4. The third kappa shape index (κ3) is 3.47. The van der Waals surface area contributed by atoms with E-state index in [1.165, 1.54) is 16.8 Å². The molecule has 0 fully saturated rings. The van der Waals surface area contributed by atoms with Gasteiger partial charge in [0, 0.05) is 45.5 Å². The first-order valence-electron chi connectivity index (χ1n) is 11.8. The molecule has 4 aromatic carbocycles. The first kappa shape index (κ1) is 21.7. The van der Waals surface area contributed by atoms with Gasteiger partial charge in [0.15, 0.2) is 7.14 Å². The molecule has 0 radical (unpaired) electrons. The quantitative estimate of drug-likeness (QED) is 0.286. The lowest BCUT2D eigenvalue weighted by Crippen LogP contribution is -2.25. The second-order valence-electron chi connectivity index (χ2n) is 9.02. The van der Waals surface area contributed by atoms with E-state index in [0.29, 0.717) is 0 Å². The fourth-order valence-electron chi connectivity index (χ4n) is 5.14. The normalized spacial score (nSPS) is 12.3. The molecule has 1 aliphatic heterocycles. The summed E-state index contributed by atoms with van der Waals surface area (Å²) in [6.45, 7) is 2.09. The average Bonchev–Trinajstić information content (AvgIpc) is 3.45. The number of fused-ring (bicyclic) bond motifs is 3. The molecule has 0 bridgehead atoms. The van der Waals surface area contributed by atoms with Gasteiger partial charge in [-0.05, 0) is 36.2 Å². The zero-order valence-corrected chi connectivity index (χ0v) is 20.7. The van der Waals surface area contributed by atoms with Gasteiger partial charge in [-0.15, -0.1) is 0 Å². The monoisotopic (exact) mass is 475 g/mol. The highest BCUT2D eigenvalue weighted by molar-refractivity contribution is 7.85. The first-order valence-corrected chi connectivity index (χ1v) is 13.5. The molecule has 0 N–H and O–H groups in total. The van der Waals surface area contributed by atoms with E-state index >= 15 is 4.57 Å². The number of ether oxygens (including phenoxy) is 1. The van der Waals surface area contributed by atoms with Crippen LogP contribution in [0.5, 0.6) is 5.75 Å². The van der Waals surface area contributed by atoms with E-state index in [0.717, 1.165) is 44.9 Å². The number of hydrogen-bond donors (Lipinski definition) is 0. The van der Waals surface area contributed by atoms with Crippen LogP contribution in [0.1, 0.15) is 16.8 Å². The van der Waals surface area contributed by atoms with Crippen LogP contribution in [0.3, 0.4) is 0 Å². The van der Waals surface area contributed by atoms with Crippen LogP contribution in [0.2, 0.25) is 0 Å². The van der Waals surface area contributed by atoms with Gasteiger partial charge in [0.2, 0.25) is 0 Å². The van der Waals surface area contributed by atoms with Gasteiger partial charge in [0.1, 0.15) is 5.75 Å². The van der Waals surface area contributed by atoms with Crippen molar-refractivity contribution >= 4 is 23.1 Å². The maximum Gasteiger partial charge on any atom is 0.173 e. The van der Waals surface area contributed by atoms with Gasteiger partial charge in [-0.25, -0.2) is 0 Å². The molecule has 0 spiro atoms. The summed E-state index contributed by atoms with van der Waals surface area (Å²) in [5, 5.41) is 2.58. The molecule has 4 heteroatoms. The van der Waals surface area contributed by atoms with Gasteiger partial charge in [-0.2, -0.15) is 0 Å². The molecule has 6 rings (SSSR count). The number of nitrogens with zero attached hydrogens (tertiary/aromatic N) is 1. The highest BCUT2D eigenvalue weighted by atomic mass is 31.2. The molecule has 0 saturated heterocycles. The molecule has 0 unspecified atom stereocenters. The van der Waals surface area contributed by atoms with Crippen LogP contribution >= 0.6 is 7.14 Å². The van der Waals surface area contributed by atoms with Crippen LogP contribution in [0.25, 0.3) is 16.8 Å². The van der Waals surface area contributed by atoms with Crippen molar-refractivity contribution in [2.75, 3.05) is 7.11 Å². The third-order valence-electron chi connectivity index (χ3n) is 6.91. The van der Waals surface area contributed by atoms with E-state index in [-0.39, 0.29) is 0 Å². The van der Waals surface area contributed by atoms with Gasteiger partial charge >= 0.3 is 0 Å². The van der Waals surface area contributed by atoms with Crippen molar-refractivity contribution in [1.82, 2.24) is 4.57 Å². The molecule has 5 aromatic rings. The highest BCUT2D eigenvalue weighted by Crippen LogP contribution is 2.48. The third-order valence-corrected chi connectivity index (χ3v) is 9.98. The largest absolute Gasteiger partial charge is 0.497 e. The van der Waals surface area contributed by atoms with Crippen molar-refractivity contribution in [2.24, 2.45) is 0 Å². The number of hydrogen-bond acceptors (Lipinski definition) is 2. The van der Waals surface area contributed by atoms with Crippen molar-refractivity contribution in [3.8, 4) is 22.6 Å². The molecule has 0 amide bonds. The fraction of sp³-hybridized carbons (Fsp3) is 0.0968. The van der Waals surface area contributed by atoms with E-state index in [9.17, 15) is 0 Å². The van der Waals surface area contributed by atoms with Gasteiger partial charge in [-0.1, -0.05) is 90.5 Å². The van der Waals surface area contributed by atoms with Crippen LogP contribution in [0.15, 0.2) is 109 Å². The van der Waals surface area contributed by atoms with E-state index < -0.39 is 7.14 Å². The van der Waals surface area contributed by atoms with Crippen molar-refractivity contribution in [3.63, 3.8) is 0 Å². The molecular weight excluding hydrogens is 449 g/mol. The zero-order valence-electron chi connectivity index (χ0n) is 19.8. The Balaban J connectivity index is 1.67. The zero-order chi connectivity index (χ0) is 24.0. The predicted molar refractivity (Wildman–Crippen MR) is 145 cm³/mol. The Morgan fingerprint density at radius 2 is 1.43 bits per heavy atom. The SMILES string of the molecule is COc1ccc2c(c1)Cc1c(-c3ccc(C)cc3)c(P(=O)(c3ccccc3)c3ccccc3)cn1-2. The maximum atomic E-state index is 15.4. The smallest absolute Gasteiger partial charge is 0.173 e. The number of rotatable bonds is 5. The summed E-state index contributed by atoms with van der Waals surface area (Å²) in [5.74, 6) is 0.853. The minimum Gasteiger partial charge on any atom is -0.497 e. The van der Waals surface area contributed by atoms with Gasteiger partial charge in [-0.3, -0.25) is 0 Å². The first-order chi connectivity index (χ1) is 17.1. The lowest BCUT2D eigenvalue weighted by atomic mass is 10.0. The lowest BCUT2D eigenvalue weighted by Gasteiger charge is -2.21.